The highest BCUT2D eigenvalue weighted by atomic mass is 19.1. The summed E-state index contributed by atoms with van der Waals surface area (Å²) in [5.74, 6) is 0.334. The van der Waals surface area contributed by atoms with Crippen LogP contribution in [-0.2, 0) is 16.8 Å². The molecule has 2 aromatic carbocycles. The summed E-state index contributed by atoms with van der Waals surface area (Å²) in [5, 5.41) is 10.9. The molecule has 0 saturated heterocycles. The van der Waals surface area contributed by atoms with Crippen molar-refractivity contribution in [2.24, 2.45) is 5.41 Å². The Labute approximate surface area is 156 Å². The van der Waals surface area contributed by atoms with E-state index in [4.69, 9.17) is 4.42 Å². The molecule has 0 spiro atoms. The van der Waals surface area contributed by atoms with E-state index < -0.39 is 5.41 Å². The Morgan fingerprint density at radius 3 is 2.41 bits per heavy atom. The van der Waals surface area contributed by atoms with Crippen LogP contribution in [0.1, 0.15) is 31.7 Å². The van der Waals surface area contributed by atoms with Crippen molar-refractivity contribution in [3.8, 4) is 11.5 Å². The van der Waals surface area contributed by atoms with Crippen LogP contribution in [0.2, 0.25) is 0 Å². The SMILES string of the molecule is CC1(C)CC1(C(=O)NCc1nnc(-c2ccccc2)o1)c1ccc(F)cc1. The van der Waals surface area contributed by atoms with Crippen molar-refractivity contribution in [2.45, 2.75) is 32.2 Å². The number of rotatable bonds is 5. The van der Waals surface area contributed by atoms with Gasteiger partial charge in [0.1, 0.15) is 5.82 Å². The Morgan fingerprint density at radius 2 is 1.78 bits per heavy atom. The van der Waals surface area contributed by atoms with Crippen molar-refractivity contribution in [3.05, 3.63) is 71.9 Å². The van der Waals surface area contributed by atoms with Gasteiger partial charge in [-0.1, -0.05) is 44.2 Å². The van der Waals surface area contributed by atoms with Crippen LogP contribution < -0.4 is 5.32 Å². The van der Waals surface area contributed by atoms with Gasteiger partial charge in [-0.3, -0.25) is 4.79 Å². The van der Waals surface area contributed by atoms with Gasteiger partial charge in [-0.15, -0.1) is 10.2 Å². The minimum Gasteiger partial charge on any atom is -0.419 e. The number of hydrogen-bond donors (Lipinski definition) is 1. The maximum absolute atomic E-state index is 13.3. The lowest BCUT2D eigenvalue weighted by molar-refractivity contribution is -0.124. The second kappa shape index (κ2) is 6.30. The topological polar surface area (TPSA) is 68.0 Å². The molecule has 1 fully saturated rings. The lowest BCUT2D eigenvalue weighted by Gasteiger charge is -2.20. The molecule has 0 aliphatic heterocycles. The number of hydrogen-bond acceptors (Lipinski definition) is 4. The number of benzene rings is 2. The van der Waals surface area contributed by atoms with E-state index in [-0.39, 0.29) is 23.7 Å². The maximum Gasteiger partial charge on any atom is 0.247 e. The third kappa shape index (κ3) is 3.01. The van der Waals surface area contributed by atoms with E-state index in [0.29, 0.717) is 18.2 Å². The number of nitrogens with one attached hydrogen (secondary N) is 1. The quantitative estimate of drug-likeness (QED) is 0.745. The molecule has 1 aliphatic carbocycles. The van der Waals surface area contributed by atoms with Crippen molar-refractivity contribution >= 4 is 5.91 Å². The van der Waals surface area contributed by atoms with Crippen molar-refractivity contribution in [3.63, 3.8) is 0 Å². The normalized spacial score (nSPS) is 20.3. The molecule has 1 unspecified atom stereocenters. The molecule has 27 heavy (non-hydrogen) atoms. The summed E-state index contributed by atoms with van der Waals surface area (Å²) in [7, 11) is 0. The first-order valence-electron chi connectivity index (χ1n) is 8.84. The van der Waals surface area contributed by atoms with Crippen LogP contribution in [0.15, 0.2) is 59.0 Å². The third-order valence-electron chi connectivity index (χ3n) is 5.35. The van der Waals surface area contributed by atoms with Crippen LogP contribution in [0.3, 0.4) is 0 Å². The van der Waals surface area contributed by atoms with Gasteiger partial charge in [0.05, 0.1) is 12.0 Å². The average Bonchev–Trinajstić information content (AvgIpc) is 3.03. The molecule has 1 saturated carbocycles. The zero-order valence-corrected chi connectivity index (χ0v) is 15.2. The van der Waals surface area contributed by atoms with E-state index >= 15 is 0 Å². The van der Waals surface area contributed by atoms with Crippen molar-refractivity contribution in [1.29, 1.82) is 0 Å². The Kier molecular flexibility index (Phi) is 4.06. The molecule has 1 aromatic heterocycles. The molecule has 1 atom stereocenters. The van der Waals surface area contributed by atoms with Gasteiger partial charge in [-0.25, -0.2) is 4.39 Å². The molecule has 1 heterocycles. The predicted octanol–water partition coefficient (Wildman–Crippen LogP) is 3.86. The molecule has 5 nitrogen and oxygen atoms in total. The summed E-state index contributed by atoms with van der Waals surface area (Å²) in [4.78, 5) is 13.0. The Hall–Kier alpha value is -3.02. The van der Waals surface area contributed by atoms with Crippen molar-refractivity contribution < 1.29 is 13.6 Å². The highest BCUT2D eigenvalue weighted by molar-refractivity contribution is 5.93. The van der Waals surface area contributed by atoms with Crippen LogP contribution in [0.25, 0.3) is 11.5 Å². The summed E-state index contributed by atoms with van der Waals surface area (Å²) in [6.07, 6.45) is 0.705. The van der Waals surface area contributed by atoms with Crippen LogP contribution in [-0.4, -0.2) is 16.1 Å². The first-order valence-corrected chi connectivity index (χ1v) is 8.84. The molecule has 138 valence electrons. The van der Waals surface area contributed by atoms with Gasteiger partial charge in [-0.2, -0.15) is 0 Å². The zero-order valence-electron chi connectivity index (χ0n) is 15.2. The number of carbonyl (C=O) groups excluding carboxylic acids is 1. The molecule has 0 bridgehead atoms. The smallest absolute Gasteiger partial charge is 0.247 e. The first-order chi connectivity index (χ1) is 12.9. The van der Waals surface area contributed by atoms with Crippen molar-refractivity contribution in [1.82, 2.24) is 15.5 Å². The Balaban J connectivity index is 1.49. The van der Waals surface area contributed by atoms with Crippen LogP contribution >= 0.6 is 0 Å². The molecule has 0 radical (unpaired) electrons. The Morgan fingerprint density at radius 1 is 1.11 bits per heavy atom. The lowest BCUT2D eigenvalue weighted by Crippen LogP contribution is -2.37. The molecule has 1 amide bonds. The monoisotopic (exact) mass is 365 g/mol. The summed E-state index contributed by atoms with van der Waals surface area (Å²) in [5.41, 5.74) is 0.790. The Bertz CT molecular complexity index is 967. The number of amides is 1. The van der Waals surface area contributed by atoms with E-state index in [0.717, 1.165) is 11.1 Å². The summed E-state index contributed by atoms with van der Waals surface area (Å²) < 4.78 is 18.9. The molecule has 6 heteroatoms. The largest absolute Gasteiger partial charge is 0.419 e. The van der Waals surface area contributed by atoms with Gasteiger partial charge >= 0.3 is 0 Å². The van der Waals surface area contributed by atoms with Gasteiger partial charge in [0.2, 0.25) is 17.7 Å². The van der Waals surface area contributed by atoms with E-state index in [1.807, 2.05) is 44.2 Å². The highest BCUT2D eigenvalue weighted by Crippen LogP contribution is 2.64. The molecule has 1 aliphatic rings. The van der Waals surface area contributed by atoms with Crippen LogP contribution in [0, 0.1) is 11.2 Å². The van der Waals surface area contributed by atoms with Gasteiger partial charge in [0.15, 0.2) is 0 Å². The minimum atomic E-state index is -0.664. The van der Waals surface area contributed by atoms with E-state index in [1.165, 1.54) is 12.1 Å². The standard InChI is InChI=1S/C21H20FN3O2/c1-20(2)13-21(20,15-8-10-16(22)11-9-15)19(26)23-12-17-24-25-18(27-17)14-6-4-3-5-7-14/h3-11H,12-13H2,1-2H3,(H,23,26). The minimum absolute atomic E-state index is 0.112. The highest BCUT2D eigenvalue weighted by Gasteiger charge is 2.67. The molecular formula is C21H20FN3O2. The van der Waals surface area contributed by atoms with Crippen LogP contribution in [0.5, 0.6) is 0 Å². The van der Waals surface area contributed by atoms with Crippen molar-refractivity contribution in [2.75, 3.05) is 0 Å². The predicted molar refractivity (Wildman–Crippen MR) is 98.1 cm³/mol. The fourth-order valence-electron chi connectivity index (χ4n) is 3.69. The zero-order chi connectivity index (χ0) is 19.1. The van der Waals surface area contributed by atoms with E-state index in [1.54, 1.807) is 12.1 Å². The maximum atomic E-state index is 13.3. The van der Waals surface area contributed by atoms with Gasteiger partial charge in [0.25, 0.3) is 0 Å². The van der Waals surface area contributed by atoms with Gasteiger partial charge in [0, 0.05) is 5.56 Å². The molecule has 4 rings (SSSR count). The fourth-order valence-corrected chi connectivity index (χ4v) is 3.69. The number of halogens is 1. The second-order valence-electron chi connectivity index (χ2n) is 7.52. The van der Waals surface area contributed by atoms with Gasteiger partial charge in [-0.05, 0) is 41.7 Å². The van der Waals surface area contributed by atoms with Gasteiger partial charge < -0.3 is 9.73 Å². The lowest BCUT2D eigenvalue weighted by atomic mass is 9.87. The molecule has 1 N–H and O–H groups in total. The first kappa shape index (κ1) is 17.4. The summed E-state index contributed by atoms with van der Waals surface area (Å²) in [6.45, 7) is 4.23. The van der Waals surface area contributed by atoms with E-state index in [9.17, 15) is 9.18 Å². The number of carbonyl (C=O) groups is 1. The average molecular weight is 365 g/mol. The number of nitrogens with zero attached hydrogens (tertiary/aromatic N) is 2. The van der Waals surface area contributed by atoms with E-state index in [2.05, 4.69) is 15.5 Å². The summed E-state index contributed by atoms with van der Waals surface area (Å²) in [6, 6.07) is 15.6. The second-order valence-corrected chi connectivity index (χ2v) is 7.52. The molecule has 3 aromatic rings. The number of aromatic nitrogens is 2. The fraction of sp³-hybridized carbons (Fsp3) is 0.286. The summed E-state index contributed by atoms with van der Waals surface area (Å²) >= 11 is 0. The van der Waals surface area contributed by atoms with Crippen LogP contribution in [0.4, 0.5) is 4.39 Å². The molecular weight excluding hydrogens is 345 g/mol. The third-order valence-corrected chi connectivity index (χ3v) is 5.35.